The molecular weight excluding hydrogens is 268 g/mol. The summed E-state index contributed by atoms with van der Waals surface area (Å²) < 4.78 is 0. The van der Waals surface area contributed by atoms with E-state index in [-0.39, 0.29) is 17.7 Å². The van der Waals surface area contributed by atoms with E-state index >= 15 is 0 Å². The van der Waals surface area contributed by atoms with Crippen LogP contribution in [0.2, 0.25) is 0 Å². The second-order valence-corrected chi connectivity index (χ2v) is 5.89. The Morgan fingerprint density at radius 2 is 2.05 bits per heavy atom. The Balaban J connectivity index is 1.69. The van der Waals surface area contributed by atoms with Gasteiger partial charge in [0.05, 0.1) is 6.10 Å². The molecule has 2 aliphatic rings. The third kappa shape index (κ3) is 3.42. The molecule has 5 heteroatoms. The van der Waals surface area contributed by atoms with Gasteiger partial charge in [-0.3, -0.25) is 9.59 Å². The molecule has 1 aromatic rings. The average Bonchev–Trinajstić information content (AvgIpc) is 3.31. The lowest BCUT2D eigenvalue weighted by Crippen LogP contribution is -2.42. The van der Waals surface area contributed by atoms with Crippen LogP contribution in [-0.4, -0.2) is 41.0 Å². The standard InChI is InChI=1S/C16H20N2O3/c19-14-5-2-8-18(10-14)16(21)12-3-1-4-13(9-12)17-15(20)11-6-7-11/h1,3-4,9,11,14,19H,2,5-8,10H2,(H,17,20). The number of hydrogen-bond acceptors (Lipinski definition) is 3. The van der Waals surface area contributed by atoms with Crippen molar-refractivity contribution in [2.45, 2.75) is 31.8 Å². The molecule has 1 atom stereocenters. The molecule has 1 heterocycles. The van der Waals surface area contributed by atoms with Crippen LogP contribution >= 0.6 is 0 Å². The van der Waals surface area contributed by atoms with Crippen LogP contribution in [0.25, 0.3) is 0 Å². The zero-order valence-electron chi connectivity index (χ0n) is 11.9. The normalized spacial score (nSPS) is 22.0. The van der Waals surface area contributed by atoms with Crippen LogP contribution in [0.15, 0.2) is 24.3 Å². The second kappa shape index (κ2) is 5.85. The van der Waals surface area contributed by atoms with Crippen molar-refractivity contribution in [2.75, 3.05) is 18.4 Å². The van der Waals surface area contributed by atoms with E-state index in [2.05, 4.69) is 5.32 Å². The van der Waals surface area contributed by atoms with Crippen LogP contribution in [0.5, 0.6) is 0 Å². The number of nitrogens with zero attached hydrogens (tertiary/aromatic N) is 1. The van der Waals surface area contributed by atoms with Crippen molar-refractivity contribution in [2.24, 2.45) is 5.92 Å². The summed E-state index contributed by atoms with van der Waals surface area (Å²) in [5.74, 6) is 0.0888. The predicted molar refractivity (Wildman–Crippen MR) is 78.9 cm³/mol. The fraction of sp³-hybridized carbons (Fsp3) is 0.500. The van der Waals surface area contributed by atoms with Gasteiger partial charge in [0.25, 0.3) is 5.91 Å². The molecule has 0 radical (unpaired) electrons. The van der Waals surface area contributed by atoms with Gasteiger partial charge in [-0.1, -0.05) is 6.07 Å². The molecule has 2 fully saturated rings. The van der Waals surface area contributed by atoms with Gasteiger partial charge in [0.1, 0.15) is 0 Å². The molecule has 21 heavy (non-hydrogen) atoms. The minimum absolute atomic E-state index is 0.0352. The van der Waals surface area contributed by atoms with E-state index in [9.17, 15) is 14.7 Å². The van der Waals surface area contributed by atoms with E-state index < -0.39 is 6.10 Å². The second-order valence-electron chi connectivity index (χ2n) is 5.89. The van der Waals surface area contributed by atoms with Crippen LogP contribution in [0.4, 0.5) is 5.69 Å². The highest BCUT2D eigenvalue weighted by Gasteiger charge is 2.29. The summed E-state index contributed by atoms with van der Waals surface area (Å²) >= 11 is 0. The number of rotatable bonds is 3. The molecule has 5 nitrogen and oxygen atoms in total. The van der Waals surface area contributed by atoms with Gasteiger partial charge in [-0.05, 0) is 43.9 Å². The number of benzene rings is 1. The molecule has 112 valence electrons. The highest BCUT2D eigenvalue weighted by molar-refractivity contribution is 5.98. The van der Waals surface area contributed by atoms with Crippen molar-refractivity contribution >= 4 is 17.5 Å². The molecule has 1 saturated heterocycles. The summed E-state index contributed by atoms with van der Waals surface area (Å²) in [6.07, 6.45) is 3.05. The Bertz CT molecular complexity index is 554. The summed E-state index contributed by atoms with van der Waals surface area (Å²) in [5, 5.41) is 12.5. The summed E-state index contributed by atoms with van der Waals surface area (Å²) in [4.78, 5) is 25.9. The predicted octanol–water partition coefficient (Wildman–Crippen LogP) is 1.63. The third-order valence-corrected chi connectivity index (χ3v) is 4.01. The Kier molecular flexibility index (Phi) is 3.92. The number of amides is 2. The number of likely N-dealkylation sites (tertiary alicyclic amines) is 1. The number of aliphatic hydroxyl groups excluding tert-OH is 1. The fourth-order valence-electron chi connectivity index (χ4n) is 2.64. The van der Waals surface area contributed by atoms with Crippen LogP contribution in [0.1, 0.15) is 36.0 Å². The average molecular weight is 288 g/mol. The number of anilines is 1. The molecule has 2 N–H and O–H groups in total. The van der Waals surface area contributed by atoms with Crippen molar-refractivity contribution in [3.05, 3.63) is 29.8 Å². The molecular formula is C16H20N2O3. The van der Waals surface area contributed by atoms with Crippen molar-refractivity contribution in [1.82, 2.24) is 4.90 Å². The number of carbonyl (C=O) groups excluding carboxylic acids is 2. The smallest absolute Gasteiger partial charge is 0.254 e. The summed E-state index contributed by atoms with van der Waals surface area (Å²) in [7, 11) is 0. The molecule has 0 bridgehead atoms. The monoisotopic (exact) mass is 288 g/mol. The minimum Gasteiger partial charge on any atom is -0.391 e. The van der Waals surface area contributed by atoms with Gasteiger partial charge in [0.2, 0.25) is 5.91 Å². The molecule has 0 spiro atoms. The van der Waals surface area contributed by atoms with Gasteiger partial charge in [-0.2, -0.15) is 0 Å². The van der Waals surface area contributed by atoms with E-state index in [1.54, 1.807) is 29.2 Å². The SMILES string of the molecule is O=C(Nc1cccc(C(=O)N2CCCC(O)C2)c1)C1CC1. The first kappa shape index (κ1) is 14.1. The number of nitrogens with one attached hydrogen (secondary N) is 1. The van der Waals surface area contributed by atoms with Crippen LogP contribution < -0.4 is 5.32 Å². The molecule has 1 aliphatic carbocycles. The van der Waals surface area contributed by atoms with E-state index in [0.29, 0.717) is 24.3 Å². The van der Waals surface area contributed by atoms with Gasteiger partial charge >= 0.3 is 0 Å². The van der Waals surface area contributed by atoms with Crippen molar-refractivity contribution in [1.29, 1.82) is 0 Å². The summed E-state index contributed by atoms with van der Waals surface area (Å²) in [6.45, 7) is 1.06. The molecule has 3 rings (SSSR count). The van der Waals surface area contributed by atoms with Crippen LogP contribution in [0, 0.1) is 5.92 Å². The zero-order chi connectivity index (χ0) is 14.8. The first-order chi connectivity index (χ1) is 10.1. The third-order valence-electron chi connectivity index (χ3n) is 4.01. The maximum atomic E-state index is 12.4. The molecule has 1 saturated carbocycles. The maximum absolute atomic E-state index is 12.4. The largest absolute Gasteiger partial charge is 0.391 e. The van der Waals surface area contributed by atoms with Gasteiger partial charge in [-0.25, -0.2) is 0 Å². The lowest BCUT2D eigenvalue weighted by Gasteiger charge is -2.30. The van der Waals surface area contributed by atoms with Crippen molar-refractivity contribution < 1.29 is 14.7 Å². The van der Waals surface area contributed by atoms with E-state index in [0.717, 1.165) is 25.7 Å². The summed E-state index contributed by atoms with van der Waals surface area (Å²) in [5.41, 5.74) is 1.22. The molecule has 2 amide bonds. The Labute approximate surface area is 123 Å². The lowest BCUT2D eigenvalue weighted by molar-refractivity contribution is -0.117. The molecule has 1 aliphatic heterocycles. The number of aliphatic hydroxyl groups is 1. The number of β-amino-alcohol motifs (C(OH)–C–C–N with tert-alkyl or cyclic N) is 1. The summed E-state index contributed by atoms with van der Waals surface area (Å²) in [6, 6.07) is 7.03. The van der Waals surface area contributed by atoms with Gasteiger partial charge in [-0.15, -0.1) is 0 Å². The van der Waals surface area contributed by atoms with Crippen molar-refractivity contribution in [3.63, 3.8) is 0 Å². The number of carbonyl (C=O) groups is 2. The number of hydrogen-bond donors (Lipinski definition) is 2. The Morgan fingerprint density at radius 1 is 1.24 bits per heavy atom. The quantitative estimate of drug-likeness (QED) is 0.888. The van der Waals surface area contributed by atoms with Gasteiger partial charge < -0.3 is 15.3 Å². The number of piperidine rings is 1. The topological polar surface area (TPSA) is 69.6 Å². The van der Waals surface area contributed by atoms with Crippen molar-refractivity contribution in [3.8, 4) is 0 Å². The Hall–Kier alpha value is -1.88. The van der Waals surface area contributed by atoms with Crippen LogP contribution in [0.3, 0.4) is 0 Å². The molecule has 1 unspecified atom stereocenters. The first-order valence-corrected chi connectivity index (χ1v) is 7.52. The highest BCUT2D eigenvalue weighted by atomic mass is 16.3. The zero-order valence-corrected chi connectivity index (χ0v) is 11.9. The molecule has 0 aromatic heterocycles. The van der Waals surface area contributed by atoms with Gasteiger partial charge in [0, 0.05) is 30.3 Å². The first-order valence-electron chi connectivity index (χ1n) is 7.52. The molecule has 1 aromatic carbocycles. The van der Waals surface area contributed by atoms with Gasteiger partial charge in [0.15, 0.2) is 0 Å². The van der Waals surface area contributed by atoms with E-state index in [4.69, 9.17) is 0 Å². The maximum Gasteiger partial charge on any atom is 0.254 e. The Morgan fingerprint density at radius 3 is 2.76 bits per heavy atom. The highest BCUT2D eigenvalue weighted by Crippen LogP contribution is 2.30. The van der Waals surface area contributed by atoms with Crippen LogP contribution in [-0.2, 0) is 4.79 Å². The lowest BCUT2D eigenvalue weighted by atomic mass is 10.1. The fourth-order valence-corrected chi connectivity index (χ4v) is 2.64. The van der Waals surface area contributed by atoms with E-state index in [1.807, 2.05) is 0 Å². The van der Waals surface area contributed by atoms with E-state index in [1.165, 1.54) is 0 Å². The minimum atomic E-state index is -0.430.